The summed E-state index contributed by atoms with van der Waals surface area (Å²) in [6.45, 7) is 2.02. The largest absolute Gasteiger partial charge is 0.253 e. The van der Waals surface area contributed by atoms with Gasteiger partial charge >= 0.3 is 0 Å². The Balaban J connectivity index is 1.14. The molecule has 10 aromatic rings. The van der Waals surface area contributed by atoms with Crippen LogP contribution in [0.5, 0.6) is 0 Å². The van der Waals surface area contributed by atoms with E-state index >= 15 is 0 Å². The summed E-state index contributed by atoms with van der Waals surface area (Å²) >= 11 is 0. The van der Waals surface area contributed by atoms with E-state index in [9.17, 15) is 0 Å². The first-order chi connectivity index (χ1) is 28.1. The van der Waals surface area contributed by atoms with Gasteiger partial charge < -0.3 is 0 Å². The summed E-state index contributed by atoms with van der Waals surface area (Å²) in [5.74, 6) is 1.89. The summed E-state index contributed by atoms with van der Waals surface area (Å²) in [4.78, 5) is 20.0. The molecular formula is C53H36N4. The van der Waals surface area contributed by atoms with Crippen molar-refractivity contribution >= 4 is 21.5 Å². The van der Waals surface area contributed by atoms with Gasteiger partial charge in [-0.05, 0) is 98.2 Å². The monoisotopic (exact) mass is 728 g/mol. The van der Waals surface area contributed by atoms with Crippen molar-refractivity contribution in [2.24, 2.45) is 0 Å². The maximum Gasteiger partial charge on any atom is 0.164 e. The van der Waals surface area contributed by atoms with E-state index < -0.39 is 0 Å². The zero-order chi connectivity index (χ0) is 38.1. The van der Waals surface area contributed by atoms with Crippen molar-refractivity contribution in [3.05, 3.63) is 206 Å². The molecule has 0 aliphatic rings. The van der Waals surface area contributed by atoms with Crippen LogP contribution < -0.4 is 0 Å². The van der Waals surface area contributed by atoms with E-state index in [0.717, 1.165) is 61.5 Å². The van der Waals surface area contributed by atoms with Gasteiger partial charge in [-0.3, -0.25) is 4.98 Å². The SMILES string of the molecule is Cc1cccc(-c2ccc(-c3ccc(-c4cc(-c5nc(-c6ccccc6)nc(-c6ccccc6)n5)cc(-c5c6ccccc6cc6ccccc56)c4)cc3)cc2)n1. The lowest BCUT2D eigenvalue weighted by molar-refractivity contribution is 1.07. The molecule has 0 spiro atoms. The maximum absolute atomic E-state index is 5.15. The Morgan fingerprint density at radius 1 is 0.281 bits per heavy atom. The van der Waals surface area contributed by atoms with Gasteiger partial charge in [0.05, 0.1) is 5.69 Å². The van der Waals surface area contributed by atoms with Crippen LogP contribution in [-0.4, -0.2) is 19.9 Å². The number of aromatic nitrogens is 4. The average Bonchev–Trinajstić information content (AvgIpc) is 3.28. The van der Waals surface area contributed by atoms with E-state index in [4.69, 9.17) is 19.9 Å². The standard InChI is InChI=1S/C53H36N4/c1-35-13-12-22-49(54-35)39-29-27-37(28-30-39)36-23-25-38(26-24-36)44-32-45(50-47-20-10-8-18-42(47)31-43-19-9-11-21-48(43)50)34-46(33-44)53-56-51(40-14-4-2-5-15-40)55-52(57-53)41-16-6-3-7-17-41/h2-34H,1H3. The number of nitrogens with zero attached hydrogens (tertiary/aromatic N) is 4. The molecule has 57 heavy (non-hydrogen) atoms. The summed E-state index contributed by atoms with van der Waals surface area (Å²) in [7, 11) is 0. The predicted octanol–water partition coefficient (Wildman–Crippen LogP) is 13.6. The zero-order valence-electron chi connectivity index (χ0n) is 31.3. The molecule has 8 aromatic carbocycles. The summed E-state index contributed by atoms with van der Waals surface area (Å²) < 4.78 is 0. The third-order valence-electron chi connectivity index (χ3n) is 10.6. The molecule has 0 saturated carbocycles. The van der Waals surface area contributed by atoms with E-state index in [0.29, 0.717) is 17.5 Å². The molecule has 4 heteroatoms. The molecule has 0 N–H and O–H groups in total. The molecule has 2 heterocycles. The number of rotatable bonds is 7. The first kappa shape index (κ1) is 34.0. The van der Waals surface area contributed by atoms with E-state index in [1.165, 1.54) is 27.1 Å². The fraction of sp³-hybridized carbons (Fsp3) is 0.0189. The fourth-order valence-corrected chi connectivity index (χ4v) is 7.72. The van der Waals surface area contributed by atoms with Gasteiger partial charge in [-0.2, -0.15) is 0 Å². The molecule has 0 aliphatic carbocycles. The Morgan fingerprint density at radius 3 is 1.26 bits per heavy atom. The zero-order valence-corrected chi connectivity index (χ0v) is 31.3. The van der Waals surface area contributed by atoms with Gasteiger partial charge in [0.2, 0.25) is 0 Å². The van der Waals surface area contributed by atoms with Crippen molar-refractivity contribution in [3.8, 4) is 78.8 Å². The molecule has 4 nitrogen and oxygen atoms in total. The Labute approximate surface area is 331 Å². The van der Waals surface area contributed by atoms with Crippen LogP contribution >= 0.6 is 0 Å². The second kappa shape index (κ2) is 14.6. The van der Waals surface area contributed by atoms with Crippen molar-refractivity contribution in [1.82, 2.24) is 19.9 Å². The van der Waals surface area contributed by atoms with Gasteiger partial charge in [-0.15, -0.1) is 0 Å². The van der Waals surface area contributed by atoms with Crippen LogP contribution in [0, 0.1) is 6.92 Å². The number of hydrogen-bond donors (Lipinski definition) is 0. The summed E-state index contributed by atoms with van der Waals surface area (Å²) in [6.07, 6.45) is 0. The minimum atomic E-state index is 0.621. The third-order valence-corrected chi connectivity index (χ3v) is 10.6. The molecule has 0 fully saturated rings. The Bertz CT molecular complexity index is 2940. The Morgan fingerprint density at radius 2 is 0.719 bits per heavy atom. The lowest BCUT2D eigenvalue weighted by Crippen LogP contribution is -2.00. The van der Waals surface area contributed by atoms with Gasteiger partial charge in [-0.25, -0.2) is 15.0 Å². The molecule has 0 unspecified atom stereocenters. The predicted molar refractivity (Wildman–Crippen MR) is 235 cm³/mol. The van der Waals surface area contributed by atoms with E-state index in [1.807, 2.05) is 73.7 Å². The van der Waals surface area contributed by atoms with Gasteiger partial charge in [0.1, 0.15) is 0 Å². The molecule has 0 saturated heterocycles. The number of pyridine rings is 1. The van der Waals surface area contributed by atoms with Crippen LogP contribution in [0.2, 0.25) is 0 Å². The van der Waals surface area contributed by atoms with E-state index in [-0.39, 0.29) is 0 Å². The summed E-state index contributed by atoms with van der Waals surface area (Å²) in [5, 5.41) is 4.79. The number of aryl methyl sites for hydroxylation is 1. The van der Waals surface area contributed by atoms with Crippen LogP contribution in [0.1, 0.15) is 5.69 Å². The second-order valence-electron chi connectivity index (χ2n) is 14.4. The second-order valence-corrected chi connectivity index (χ2v) is 14.4. The van der Waals surface area contributed by atoms with Crippen LogP contribution in [0.25, 0.3) is 100 Å². The van der Waals surface area contributed by atoms with Crippen molar-refractivity contribution < 1.29 is 0 Å². The van der Waals surface area contributed by atoms with Crippen molar-refractivity contribution in [2.45, 2.75) is 6.92 Å². The van der Waals surface area contributed by atoms with Crippen molar-refractivity contribution in [2.75, 3.05) is 0 Å². The van der Waals surface area contributed by atoms with Gasteiger partial charge in [0.25, 0.3) is 0 Å². The van der Waals surface area contributed by atoms with Crippen LogP contribution in [0.4, 0.5) is 0 Å². The summed E-state index contributed by atoms with van der Waals surface area (Å²) in [6, 6.07) is 70.3. The quantitative estimate of drug-likeness (QED) is 0.153. The number of hydrogen-bond acceptors (Lipinski definition) is 4. The molecule has 0 amide bonds. The van der Waals surface area contributed by atoms with Crippen molar-refractivity contribution in [3.63, 3.8) is 0 Å². The molecule has 0 bridgehead atoms. The first-order valence-corrected chi connectivity index (χ1v) is 19.2. The van der Waals surface area contributed by atoms with Gasteiger partial charge in [0, 0.05) is 27.9 Å². The lowest BCUT2D eigenvalue weighted by atomic mass is 9.89. The van der Waals surface area contributed by atoms with Gasteiger partial charge in [0.15, 0.2) is 17.5 Å². The van der Waals surface area contributed by atoms with Crippen molar-refractivity contribution in [1.29, 1.82) is 0 Å². The van der Waals surface area contributed by atoms with Crippen LogP contribution in [0.15, 0.2) is 200 Å². The highest BCUT2D eigenvalue weighted by atomic mass is 15.0. The molecule has 0 radical (unpaired) electrons. The average molecular weight is 729 g/mol. The number of fused-ring (bicyclic) bond motifs is 2. The first-order valence-electron chi connectivity index (χ1n) is 19.2. The molecule has 0 aliphatic heterocycles. The summed E-state index contributed by atoms with van der Waals surface area (Å²) in [5.41, 5.74) is 12.7. The highest BCUT2D eigenvalue weighted by molar-refractivity contribution is 6.13. The minimum absolute atomic E-state index is 0.621. The van der Waals surface area contributed by atoms with Crippen LogP contribution in [0.3, 0.4) is 0 Å². The molecular weight excluding hydrogens is 693 g/mol. The smallest absolute Gasteiger partial charge is 0.164 e. The van der Waals surface area contributed by atoms with E-state index in [2.05, 4.69) is 133 Å². The molecule has 268 valence electrons. The van der Waals surface area contributed by atoms with Crippen LogP contribution in [-0.2, 0) is 0 Å². The van der Waals surface area contributed by atoms with E-state index in [1.54, 1.807) is 0 Å². The maximum atomic E-state index is 5.15. The number of benzene rings is 8. The normalized spacial score (nSPS) is 11.2. The lowest BCUT2D eigenvalue weighted by Gasteiger charge is -2.16. The third kappa shape index (κ3) is 6.75. The molecule has 2 aromatic heterocycles. The highest BCUT2D eigenvalue weighted by Crippen LogP contribution is 2.40. The van der Waals surface area contributed by atoms with Gasteiger partial charge in [-0.1, -0.05) is 164 Å². The molecule has 10 rings (SSSR count). The minimum Gasteiger partial charge on any atom is -0.253 e. The fourth-order valence-electron chi connectivity index (χ4n) is 7.72. The Hall–Kier alpha value is -7.56. The highest BCUT2D eigenvalue weighted by Gasteiger charge is 2.17. The Kier molecular flexibility index (Phi) is 8.69. The topological polar surface area (TPSA) is 51.6 Å². The molecule has 0 atom stereocenters.